The number of carbonyl (C=O) groups is 2. The summed E-state index contributed by atoms with van der Waals surface area (Å²) in [5, 5.41) is 0.470. The first kappa shape index (κ1) is 14.6. The van der Waals surface area contributed by atoms with Crippen molar-refractivity contribution in [3.8, 4) is 11.5 Å². The van der Waals surface area contributed by atoms with Gasteiger partial charge in [0.15, 0.2) is 23.1 Å². The summed E-state index contributed by atoms with van der Waals surface area (Å²) in [5.74, 6) is 0.626. The highest BCUT2D eigenvalue weighted by Gasteiger charge is 2.18. The molecule has 22 heavy (non-hydrogen) atoms. The van der Waals surface area contributed by atoms with Gasteiger partial charge < -0.3 is 9.47 Å². The van der Waals surface area contributed by atoms with Gasteiger partial charge >= 0.3 is 0 Å². The topological polar surface area (TPSA) is 52.6 Å². The van der Waals surface area contributed by atoms with Crippen molar-refractivity contribution in [3.63, 3.8) is 0 Å². The number of fused-ring (bicyclic) bond motifs is 1. The Morgan fingerprint density at radius 3 is 2.32 bits per heavy atom. The van der Waals surface area contributed by atoms with Gasteiger partial charge in [-0.3, -0.25) is 9.59 Å². The summed E-state index contributed by atoms with van der Waals surface area (Å²) in [6.07, 6.45) is -0.208. The summed E-state index contributed by atoms with van der Waals surface area (Å²) in [7, 11) is 0. The molecule has 2 aromatic rings. The maximum absolute atomic E-state index is 12.2. The minimum atomic E-state index is -0.262. The van der Waals surface area contributed by atoms with E-state index in [2.05, 4.69) is 0 Å². The Hall–Kier alpha value is -2.33. The van der Waals surface area contributed by atoms with Crippen LogP contribution in [0.15, 0.2) is 42.5 Å². The van der Waals surface area contributed by atoms with E-state index in [0.29, 0.717) is 40.9 Å². The average Bonchev–Trinajstić information content (AvgIpc) is 2.54. The third-order valence-electron chi connectivity index (χ3n) is 3.33. The first-order valence-electron chi connectivity index (χ1n) is 6.85. The Morgan fingerprint density at radius 1 is 0.909 bits per heavy atom. The number of hydrogen-bond donors (Lipinski definition) is 0. The van der Waals surface area contributed by atoms with E-state index in [9.17, 15) is 9.59 Å². The predicted molar refractivity (Wildman–Crippen MR) is 82.2 cm³/mol. The molecule has 0 unspecified atom stereocenters. The first-order valence-corrected chi connectivity index (χ1v) is 7.23. The zero-order chi connectivity index (χ0) is 15.5. The number of carbonyl (C=O) groups excluding carboxylic acids is 2. The largest absolute Gasteiger partial charge is 0.486 e. The summed E-state index contributed by atoms with van der Waals surface area (Å²) in [6.45, 7) is 0.944. The summed E-state index contributed by atoms with van der Waals surface area (Å²) in [6, 6.07) is 11.5. The molecule has 5 heteroatoms. The maximum atomic E-state index is 12.2. The van der Waals surface area contributed by atoms with Gasteiger partial charge in [-0.2, -0.15) is 0 Å². The molecular formula is C17H13ClO4. The lowest BCUT2D eigenvalue weighted by Gasteiger charge is -2.18. The van der Waals surface area contributed by atoms with E-state index in [1.807, 2.05) is 0 Å². The Kier molecular flexibility index (Phi) is 4.11. The molecule has 1 aliphatic heterocycles. The Bertz CT molecular complexity index is 739. The van der Waals surface area contributed by atoms with Gasteiger partial charge in [-0.1, -0.05) is 23.7 Å². The fraction of sp³-hybridized carbons (Fsp3) is 0.176. The van der Waals surface area contributed by atoms with E-state index in [0.717, 1.165) is 0 Å². The summed E-state index contributed by atoms with van der Waals surface area (Å²) in [5.41, 5.74) is 0.859. The molecule has 0 N–H and O–H groups in total. The van der Waals surface area contributed by atoms with Crippen LogP contribution in [0.2, 0.25) is 5.02 Å². The van der Waals surface area contributed by atoms with E-state index in [4.69, 9.17) is 21.1 Å². The van der Waals surface area contributed by atoms with Crippen molar-refractivity contribution in [1.29, 1.82) is 0 Å². The van der Waals surface area contributed by atoms with Crippen LogP contribution in [0.4, 0.5) is 0 Å². The molecule has 4 nitrogen and oxygen atoms in total. The second kappa shape index (κ2) is 6.20. The van der Waals surface area contributed by atoms with Gasteiger partial charge in [0.2, 0.25) is 0 Å². The lowest BCUT2D eigenvalue weighted by molar-refractivity contribution is 0.0893. The molecule has 0 spiro atoms. The average molecular weight is 317 g/mol. The van der Waals surface area contributed by atoms with Crippen LogP contribution in [-0.4, -0.2) is 24.8 Å². The van der Waals surface area contributed by atoms with Crippen LogP contribution in [0, 0.1) is 0 Å². The van der Waals surface area contributed by atoms with Crippen molar-refractivity contribution < 1.29 is 19.1 Å². The number of rotatable bonds is 4. The molecule has 0 aliphatic carbocycles. The molecule has 0 saturated carbocycles. The van der Waals surface area contributed by atoms with Gasteiger partial charge in [0, 0.05) is 16.1 Å². The third-order valence-corrected chi connectivity index (χ3v) is 3.57. The van der Waals surface area contributed by atoms with Crippen LogP contribution >= 0.6 is 11.6 Å². The van der Waals surface area contributed by atoms with Crippen molar-refractivity contribution in [1.82, 2.24) is 0 Å². The summed E-state index contributed by atoms with van der Waals surface area (Å²) >= 11 is 5.85. The number of ether oxygens (including phenoxy) is 2. The van der Waals surface area contributed by atoms with E-state index < -0.39 is 0 Å². The van der Waals surface area contributed by atoms with Crippen LogP contribution in [0.5, 0.6) is 11.5 Å². The normalized spacial score (nSPS) is 12.8. The molecule has 0 fully saturated rings. The Balaban J connectivity index is 1.75. The zero-order valence-electron chi connectivity index (χ0n) is 11.7. The number of ketones is 2. The molecule has 0 bridgehead atoms. The molecule has 1 aliphatic rings. The molecule has 3 rings (SSSR count). The smallest absolute Gasteiger partial charge is 0.170 e. The molecule has 0 radical (unpaired) electrons. The predicted octanol–water partition coefficient (Wildman–Crippen LogP) is 3.57. The molecule has 112 valence electrons. The van der Waals surface area contributed by atoms with E-state index in [-0.39, 0.29) is 18.0 Å². The van der Waals surface area contributed by atoms with Crippen molar-refractivity contribution in [2.24, 2.45) is 0 Å². The number of hydrogen-bond acceptors (Lipinski definition) is 4. The minimum absolute atomic E-state index is 0.208. The van der Waals surface area contributed by atoms with Crippen molar-refractivity contribution >= 4 is 23.2 Å². The standard InChI is InChI=1S/C17H13ClO4/c18-13-3-1-2-11(8-13)14(19)10-15(20)12-4-5-16-17(9-12)22-7-6-21-16/h1-5,8-9H,6-7,10H2. The quantitative estimate of drug-likeness (QED) is 0.639. The molecule has 0 amide bonds. The van der Waals surface area contributed by atoms with Gasteiger partial charge in [-0.15, -0.1) is 0 Å². The van der Waals surface area contributed by atoms with Gasteiger partial charge in [0.1, 0.15) is 13.2 Å². The van der Waals surface area contributed by atoms with Crippen LogP contribution in [0.25, 0.3) is 0 Å². The molecule has 1 heterocycles. The van der Waals surface area contributed by atoms with E-state index in [1.165, 1.54) is 0 Å². The summed E-state index contributed by atoms with van der Waals surface area (Å²) in [4.78, 5) is 24.4. The highest BCUT2D eigenvalue weighted by molar-refractivity contribution is 6.31. The van der Waals surface area contributed by atoms with Crippen LogP contribution in [0.1, 0.15) is 27.1 Å². The first-order chi connectivity index (χ1) is 10.6. The minimum Gasteiger partial charge on any atom is -0.486 e. The summed E-state index contributed by atoms with van der Waals surface area (Å²) < 4.78 is 10.8. The fourth-order valence-electron chi connectivity index (χ4n) is 2.23. The maximum Gasteiger partial charge on any atom is 0.170 e. The van der Waals surface area contributed by atoms with Crippen LogP contribution in [-0.2, 0) is 0 Å². The second-order valence-electron chi connectivity index (χ2n) is 4.89. The number of halogens is 1. The van der Waals surface area contributed by atoms with Gasteiger partial charge in [0.25, 0.3) is 0 Å². The lowest BCUT2D eigenvalue weighted by Crippen LogP contribution is -2.16. The molecule has 0 atom stereocenters. The number of Topliss-reactive ketones (excluding diaryl/α,β-unsaturated/α-hetero) is 2. The van der Waals surface area contributed by atoms with Crippen LogP contribution < -0.4 is 9.47 Å². The number of benzene rings is 2. The Morgan fingerprint density at radius 2 is 1.59 bits per heavy atom. The third kappa shape index (κ3) is 3.12. The van der Waals surface area contributed by atoms with Gasteiger partial charge in [-0.05, 0) is 30.3 Å². The van der Waals surface area contributed by atoms with Crippen molar-refractivity contribution in [2.45, 2.75) is 6.42 Å². The van der Waals surface area contributed by atoms with Crippen molar-refractivity contribution in [2.75, 3.05) is 13.2 Å². The fourth-order valence-corrected chi connectivity index (χ4v) is 2.42. The van der Waals surface area contributed by atoms with E-state index in [1.54, 1.807) is 42.5 Å². The van der Waals surface area contributed by atoms with Crippen molar-refractivity contribution in [3.05, 3.63) is 58.6 Å². The second-order valence-corrected chi connectivity index (χ2v) is 5.33. The van der Waals surface area contributed by atoms with Gasteiger partial charge in [0.05, 0.1) is 6.42 Å². The van der Waals surface area contributed by atoms with Crippen LogP contribution in [0.3, 0.4) is 0 Å². The zero-order valence-corrected chi connectivity index (χ0v) is 12.4. The Labute approximate surface area is 132 Å². The lowest BCUT2D eigenvalue weighted by atomic mass is 10.0. The SMILES string of the molecule is O=C(CC(=O)c1ccc2c(c1)OCCO2)c1cccc(Cl)c1. The highest BCUT2D eigenvalue weighted by Crippen LogP contribution is 2.31. The molecule has 2 aromatic carbocycles. The highest BCUT2D eigenvalue weighted by atomic mass is 35.5. The monoisotopic (exact) mass is 316 g/mol. The molecule has 0 aromatic heterocycles. The van der Waals surface area contributed by atoms with Gasteiger partial charge in [-0.25, -0.2) is 0 Å². The molecular weight excluding hydrogens is 304 g/mol. The van der Waals surface area contributed by atoms with E-state index >= 15 is 0 Å². The molecule has 0 saturated heterocycles.